The standard InChI is InChI=1S/C14H19F3N2O/c1-4-10(2)9-19(3)13(20)18-12-7-5-6-11(8-12)14(15,16)17/h5-8,10H,4,9H2,1-3H3,(H,18,20). The highest BCUT2D eigenvalue weighted by Gasteiger charge is 2.30. The van der Waals surface area contributed by atoms with Crippen LogP contribution in [-0.4, -0.2) is 24.5 Å². The molecule has 0 saturated heterocycles. The van der Waals surface area contributed by atoms with Crippen molar-refractivity contribution in [3.63, 3.8) is 0 Å². The maximum atomic E-state index is 12.6. The first-order chi connectivity index (χ1) is 9.24. The summed E-state index contributed by atoms with van der Waals surface area (Å²) in [5.41, 5.74) is -0.638. The van der Waals surface area contributed by atoms with Gasteiger partial charge < -0.3 is 10.2 Å². The number of rotatable bonds is 4. The van der Waals surface area contributed by atoms with Gasteiger partial charge in [0, 0.05) is 19.3 Å². The van der Waals surface area contributed by atoms with E-state index >= 15 is 0 Å². The van der Waals surface area contributed by atoms with E-state index in [0.717, 1.165) is 18.6 Å². The zero-order valence-corrected chi connectivity index (χ0v) is 11.8. The van der Waals surface area contributed by atoms with Gasteiger partial charge >= 0.3 is 12.2 Å². The van der Waals surface area contributed by atoms with Crippen molar-refractivity contribution in [3.8, 4) is 0 Å². The number of hydrogen-bond acceptors (Lipinski definition) is 1. The maximum absolute atomic E-state index is 12.6. The van der Waals surface area contributed by atoms with E-state index < -0.39 is 17.8 Å². The number of urea groups is 1. The molecule has 0 fully saturated rings. The molecule has 6 heteroatoms. The van der Waals surface area contributed by atoms with Crippen molar-refractivity contribution in [3.05, 3.63) is 29.8 Å². The molecule has 0 aliphatic rings. The number of carbonyl (C=O) groups excluding carboxylic acids is 1. The molecule has 2 amide bonds. The Bertz CT molecular complexity index is 460. The number of hydrogen-bond donors (Lipinski definition) is 1. The molecule has 1 rings (SSSR count). The Kier molecular flexibility index (Phi) is 5.42. The van der Waals surface area contributed by atoms with Crippen LogP contribution in [0.4, 0.5) is 23.7 Å². The normalized spacial score (nSPS) is 12.9. The minimum absolute atomic E-state index is 0.140. The summed E-state index contributed by atoms with van der Waals surface area (Å²) in [5.74, 6) is 0.340. The third-order valence-corrected chi connectivity index (χ3v) is 3.07. The van der Waals surface area contributed by atoms with Gasteiger partial charge in [-0.3, -0.25) is 0 Å². The second-order valence-corrected chi connectivity index (χ2v) is 4.90. The lowest BCUT2D eigenvalue weighted by Gasteiger charge is -2.21. The van der Waals surface area contributed by atoms with Crippen LogP contribution in [0.2, 0.25) is 0 Å². The fraction of sp³-hybridized carbons (Fsp3) is 0.500. The Balaban J connectivity index is 2.71. The van der Waals surface area contributed by atoms with Gasteiger partial charge in [-0.15, -0.1) is 0 Å². The zero-order valence-electron chi connectivity index (χ0n) is 11.8. The average Bonchev–Trinajstić information content (AvgIpc) is 2.37. The van der Waals surface area contributed by atoms with Gasteiger partial charge in [-0.05, 0) is 24.1 Å². The van der Waals surface area contributed by atoms with E-state index in [2.05, 4.69) is 5.32 Å². The van der Waals surface area contributed by atoms with Crippen LogP contribution >= 0.6 is 0 Å². The summed E-state index contributed by atoms with van der Waals surface area (Å²) in [6.45, 7) is 4.58. The molecule has 0 saturated carbocycles. The zero-order chi connectivity index (χ0) is 15.3. The van der Waals surface area contributed by atoms with Crippen molar-refractivity contribution in [2.24, 2.45) is 5.92 Å². The number of carbonyl (C=O) groups is 1. The number of anilines is 1. The minimum atomic E-state index is -4.41. The lowest BCUT2D eigenvalue weighted by Crippen LogP contribution is -2.34. The highest BCUT2D eigenvalue weighted by atomic mass is 19.4. The number of amides is 2. The first-order valence-electron chi connectivity index (χ1n) is 6.43. The van der Waals surface area contributed by atoms with E-state index in [1.807, 2.05) is 13.8 Å². The average molecular weight is 288 g/mol. The number of nitrogens with one attached hydrogen (secondary N) is 1. The summed E-state index contributed by atoms with van der Waals surface area (Å²) in [6.07, 6.45) is -3.48. The minimum Gasteiger partial charge on any atom is -0.327 e. The van der Waals surface area contributed by atoms with E-state index in [4.69, 9.17) is 0 Å². The quantitative estimate of drug-likeness (QED) is 0.884. The molecular formula is C14H19F3N2O. The number of benzene rings is 1. The summed E-state index contributed by atoms with van der Waals surface area (Å²) < 4.78 is 37.7. The molecule has 112 valence electrons. The molecule has 0 aromatic heterocycles. The van der Waals surface area contributed by atoms with Gasteiger partial charge in [-0.25, -0.2) is 4.79 Å². The third kappa shape index (κ3) is 4.75. The Hall–Kier alpha value is -1.72. The van der Waals surface area contributed by atoms with Gasteiger partial charge in [0.25, 0.3) is 0 Å². The van der Waals surface area contributed by atoms with Crippen LogP contribution in [0.3, 0.4) is 0 Å². The highest BCUT2D eigenvalue weighted by Crippen LogP contribution is 2.30. The molecule has 1 aromatic rings. The van der Waals surface area contributed by atoms with Gasteiger partial charge in [0.05, 0.1) is 5.56 Å². The van der Waals surface area contributed by atoms with Gasteiger partial charge in [-0.2, -0.15) is 13.2 Å². The van der Waals surface area contributed by atoms with E-state index in [1.165, 1.54) is 17.0 Å². The fourth-order valence-electron chi connectivity index (χ4n) is 1.67. The fourth-order valence-corrected chi connectivity index (χ4v) is 1.67. The smallest absolute Gasteiger partial charge is 0.327 e. The van der Waals surface area contributed by atoms with Crippen LogP contribution in [0, 0.1) is 5.92 Å². The summed E-state index contributed by atoms with van der Waals surface area (Å²) in [7, 11) is 1.62. The number of halogens is 3. The van der Waals surface area contributed by atoms with Gasteiger partial charge in [0.2, 0.25) is 0 Å². The number of alkyl halides is 3. The summed E-state index contributed by atoms with van der Waals surface area (Å²) in [6, 6.07) is 4.19. The molecule has 0 radical (unpaired) electrons. The van der Waals surface area contributed by atoms with E-state index in [-0.39, 0.29) is 5.69 Å². The predicted molar refractivity (Wildman–Crippen MR) is 72.5 cm³/mol. The van der Waals surface area contributed by atoms with Crippen LogP contribution in [-0.2, 0) is 6.18 Å². The summed E-state index contributed by atoms with van der Waals surface area (Å²) >= 11 is 0. The van der Waals surface area contributed by atoms with Crippen LogP contribution in [0.5, 0.6) is 0 Å². The molecule has 1 atom stereocenters. The van der Waals surface area contributed by atoms with E-state index in [9.17, 15) is 18.0 Å². The van der Waals surface area contributed by atoms with Gasteiger partial charge in [0.15, 0.2) is 0 Å². The van der Waals surface area contributed by atoms with Crippen LogP contribution in [0.1, 0.15) is 25.8 Å². The largest absolute Gasteiger partial charge is 0.416 e. The molecule has 1 aromatic carbocycles. The maximum Gasteiger partial charge on any atom is 0.416 e. The molecule has 0 aliphatic heterocycles. The highest BCUT2D eigenvalue weighted by molar-refractivity contribution is 5.89. The Morgan fingerprint density at radius 3 is 2.60 bits per heavy atom. The first-order valence-corrected chi connectivity index (χ1v) is 6.43. The van der Waals surface area contributed by atoms with Gasteiger partial charge in [0.1, 0.15) is 0 Å². The lowest BCUT2D eigenvalue weighted by molar-refractivity contribution is -0.137. The molecule has 0 heterocycles. The van der Waals surface area contributed by atoms with Crippen LogP contribution in [0.15, 0.2) is 24.3 Å². The third-order valence-electron chi connectivity index (χ3n) is 3.07. The molecule has 0 spiro atoms. The lowest BCUT2D eigenvalue weighted by atomic mass is 10.1. The SMILES string of the molecule is CCC(C)CN(C)C(=O)Nc1cccc(C(F)(F)F)c1. The molecular weight excluding hydrogens is 269 g/mol. The molecule has 0 aliphatic carbocycles. The van der Waals surface area contributed by atoms with Crippen molar-refractivity contribution >= 4 is 11.7 Å². The summed E-state index contributed by atoms with van der Waals surface area (Å²) in [5, 5.41) is 2.47. The topological polar surface area (TPSA) is 32.3 Å². The summed E-state index contributed by atoms with van der Waals surface area (Å²) in [4.78, 5) is 13.3. The van der Waals surface area contributed by atoms with Crippen molar-refractivity contribution in [2.45, 2.75) is 26.4 Å². The second-order valence-electron chi connectivity index (χ2n) is 4.90. The van der Waals surface area contributed by atoms with Crippen molar-refractivity contribution in [1.29, 1.82) is 0 Å². The Morgan fingerprint density at radius 1 is 1.40 bits per heavy atom. The Labute approximate surface area is 116 Å². The predicted octanol–water partition coefficient (Wildman–Crippen LogP) is 4.22. The molecule has 20 heavy (non-hydrogen) atoms. The van der Waals surface area contributed by atoms with Crippen LogP contribution in [0.25, 0.3) is 0 Å². The van der Waals surface area contributed by atoms with Crippen molar-refractivity contribution in [1.82, 2.24) is 4.90 Å². The Morgan fingerprint density at radius 2 is 2.05 bits per heavy atom. The molecule has 3 nitrogen and oxygen atoms in total. The van der Waals surface area contributed by atoms with Crippen molar-refractivity contribution in [2.75, 3.05) is 18.9 Å². The van der Waals surface area contributed by atoms with E-state index in [0.29, 0.717) is 12.5 Å². The first kappa shape index (κ1) is 16.3. The van der Waals surface area contributed by atoms with Crippen molar-refractivity contribution < 1.29 is 18.0 Å². The monoisotopic (exact) mass is 288 g/mol. The molecule has 0 bridgehead atoms. The number of nitrogens with zero attached hydrogens (tertiary/aromatic N) is 1. The van der Waals surface area contributed by atoms with E-state index in [1.54, 1.807) is 7.05 Å². The van der Waals surface area contributed by atoms with Crippen LogP contribution < -0.4 is 5.32 Å². The second kappa shape index (κ2) is 6.63. The van der Waals surface area contributed by atoms with Gasteiger partial charge in [-0.1, -0.05) is 26.3 Å². The molecule has 1 unspecified atom stereocenters. The molecule has 1 N–H and O–H groups in total.